The number of aromatic nitrogens is 1. The highest BCUT2D eigenvalue weighted by Gasteiger charge is 2.03. The summed E-state index contributed by atoms with van der Waals surface area (Å²) in [6.07, 6.45) is 1.73. The molecule has 1 aromatic heterocycles. The summed E-state index contributed by atoms with van der Waals surface area (Å²) in [5.41, 5.74) is 2.31. The highest BCUT2D eigenvalue weighted by Crippen LogP contribution is 2.16. The summed E-state index contributed by atoms with van der Waals surface area (Å²) in [4.78, 5) is 4.26. The number of hydrogen-bond acceptors (Lipinski definition) is 3. The number of nitrogens with zero attached hydrogens (tertiary/aromatic N) is 2. The molecule has 3 heteroatoms. The van der Waals surface area contributed by atoms with Crippen molar-refractivity contribution < 1.29 is 5.21 Å². The molecule has 2 aromatic rings. The van der Waals surface area contributed by atoms with Crippen LogP contribution in [0.5, 0.6) is 0 Å². The number of benzene rings is 1. The van der Waals surface area contributed by atoms with E-state index < -0.39 is 0 Å². The molecule has 0 fully saturated rings. The first-order valence-electron chi connectivity index (χ1n) is 4.35. The summed E-state index contributed by atoms with van der Waals surface area (Å²) in [6.45, 7) is 1.75. The van der Waals surface area contributed by atoms with Gasteiger partial charge in [0, 0.05) is 17.1 Å². The van der Waals surface area contributed by atoms with E-state index in [0.29, 0.717) is 5.71 Å². The Balaban J connectivity index is 2.77. The maximum Gasteiger partial charge on any atom is 0.0858 e. The van der Waals surface area contributed by atoms with E-state index >= 15 is 0 Å². The fraction of sp³-hybridized carbons (Fsp3) is 0.0909. The molecule has 70 valence electrons. The lowest BCUT2D eigenvalue weighted by Crippen LogP contribution is -1.96. The smallest absolute Gasteiger partial charge is 0.0858 e. The fourth-order valence-corrected chi connectivity index (χ4v) is 1.45. The predicted octanol–water partition coefficient (Wildman–Crippen LogP) is 2.43. The van der Waals surface area contributed by atoms with Gasteiger partial charge in [0.2, 0.25) is 0 Å². The minimum Gasteiger partial charge on any atom is -0.411 e. The minimum absolute atomic E-state index is 0.578. The summed E-state index contributed by atoms with van der Waals surface area (Å²) < 4.78 is 0. The fourth-order valence-electron chi connectivity index (χ4n) is 1.45. The van der Waals surface area contributed by atoms with Gasteiger partial charge in [0.1, 0.15) is 0 Å². The van der Waals surface area contributed by atoms with E-state index in [0.717, 1.165) is 16.5 Å². The summed E-state index contributed by atoms with van der Waals surface area (Å²) in [5.74, 6) is 0. The van der Waals surface area contributed by atoms with E-state index in [2.05, 4.69) is 10.1 Å². The molecule has 0 atom stereocenters. The molecule has 3 nitrogen and oxygen atoms in total. The molecule has 0 amide bonds. The zero-order chi connectivity index (χ0) is 9.97. The van der Waals surface area contributed by atoms with Crippen LogP contribution in [0.2, 0.25) is 0 Å². The third-order valence-electron chi connectivity index (χ3n) is 2.17. The molecular formula is C11H10N2O. The number of pyridine rings is 1. The second-order valence-electron chi connectivity index (χ2n) is 3.07. The Hall–Kier alpha value is -1.90. The van der Waals surface area contributed by atoms with E-state index in [9.17, 15) is 0 Å². The number of fused-ring (bicyclic) bond motifs is 1. The zero-order valence-electron chi connectivity index (χ0n) is 7.81. The van der Waals surface area contributed by atoms with Crippen LogP contribution in [0, 0.1) is 0 Å². The molecule has 0 saturated heterocycles. The van der Waals surface area contributed by atoms with Gasteiger partial charge in [0.15, 0.2) is 0 Å². The van der Waals surface area contributed by atoms with Crippen LogP contribution in [0.15, 0.2) is 41.7 Å². The maximum atomic E-state index is 8.71. The normalized spacial score (nSPS) is 11.9. The van der Waals surface area contributed by atoms with Gasteiger partial charge < -0.3 is 5.21 Å². The van der Waals surface area contributed by atoms with Gasteiger partial charge in [-0.25, -0.2) is 0 Å². The summed E-state index contributed by atoms with van der Waals surface area (Å²) in [5, 5.41) is 12.9. The quantitative estimate of drug-likeness (QED) is 0.422. The van der Waals surface area contributed by atoms with Crippen LogP contribution in [0.4, 0.5) is 0 Å². The maximum absolute atomic E-state index is 8.71. The Morgan fingerprint density at radius 3 is 2.86 bits per heavy atom. The van der Waals surface area contributed by atoms with Gasteiger partial charge in [-0.05, 0) is 13.0 Å². The lowest BCUT2D eigenvalue weighted by molar-refractivity contribution is 0.319. The lowest BCUT2D eigenvalue weighted by atomic mass is 10.1. The monoisotopic (exact) mass is 186 g/mol. The van der Waals surface area contributed by atoms with Crippen molar-refractivity contribution in [3.8, 4) is 0 Å². The highest BCUT2D eigenvalue weighted by molar-refractivity contribution is 6.08. The van der Waals surface area contributed by atoms with Crippen molar-refractivity contribution >= 4 is 16.6 Å². The number of hydrogen-bond donors (Lipinski definition) is 1. The second-order valence-corrected chi connectivity index (χ2v) is 3.07. The molecule has 1 N–H and O–H groups in total. The predicted molar refractivity (Wildman–Crippen MR) is 55.7 cm³/mol. The Morgan fingerprint density at radius 2 is 2.07 bits per heavy atom. The number of para-hydroxylation sites is 1. The Bertz CT molecular complexity index is 486. The Morgan fingerprint density at radius 1 is 1.29 bits per heavy atom. The summed E-state index contributed by atoms with van der Waals surface area (Å²) in [7, 11) is 0. The average Bonchev–Trinajstić information content (AvgIpc) is 2.27. The van der Waals surface area contributed by atoms with Crippen LogP contribution in [0.25, 0.3) is 10.9 Å². The second kappa shape index (κ2) is 3.46. The van der Waals surface area contributed by atoms with Crippen LogP contribution in [-0.4, -0.2) is 15.9 Å². The topological polar surface area (TPSA) is 45.5 Å². The SMILES string of the molecule is CC(=NO)c1cccc2cccnc12. The summed E-state index contributed by atoms with van der Waals surface area (Å²) in [6, 6.07) is 9.67. The number of rotatable bonds is 1. The number of oxime groups is 1. The first-order valence-corrected chi connectivity index (χ1v) is 4.35. The average molecular weight is 186 g/mol. The third kappa shape index (κ3) is 1.33. The molecule has 0 aliphatic carbocycles. The third-order valence-corrected chi connectivity index (χ3v) is 2.17. The van der Waals surface area contributed by atoms with Crippen molar-refractivity contribution in [1.82, 2.24) is 4.98 Å². The van der Waals surface area contributed by atoms with E-state index in [4.69, 9.17) is 5.21 Å². The molecule has 0 aliphatic rings. The lowest BCUT2D eigenvalue weighted by Gasteiger charge is -2.02. The van der Waals surface area contributed by atoms with Crippen molar-refractivity contribution in [1.29, 1.82) is 0 Å². The van der Waals surface area contributed by atoms with Gasteiger partial charge in [-0.3, -0.25) is 4.98 Å². The van der Waals surface area contributed by atoms with Gasteiger partial charge in [-0.2, -0.15) is 0 Å². The molecule has 0 radical (unpaired) electrons. The van der Waals surface area contributed by atoms with Gasteiger partial charge in [-0.15, -0.1) is 0 Å². The van der Waals surface area contributed by atoms with Crippen molar-refractivity contribution in [2.45, 2.75) is 6.92 Å². The van der Waals surface area contributed by atoms with Gasteiger partial charge in [0.25, 0.3) is 0 Å². The highest BCUT2D eigenvalue weighted by atomic mass is 16.4. The molecular weight excluding hydrogens is 176 g/mol. The standard InChI is InChI=1S/C11H10N2O/c1-8(13-14)10-6-2-4-9-5-3-7-12-11(9)10/h2-7,14H,1H3. The van der Waals surface area contributed by atoms with Crippen LogP contribution in [0.3, 0.4) is 0 Å². The van der Waals surface area contributed by atoms with Crippen LogP contribution >= 0.6 is 0 Å². The van der Waals surface area contributed by atoms with E-state index in [-0.39, 0.29) is 0 Å². The Kier molecular flexibility index (Phi) is 2.14. The van der Waals surface area contributed by atoms with Gasteiger partial charge >= 0.3 is 0 Å². The van der Waals surface area contributed by atoms with E-state index in [1.54, 1.807) is 13.1 Å². The van der Waals surface area contributed by atoms with E-state index in [1.807, 2.05) is 30.3 Å². The van der Waals surface area contributed by atoms with E-state index in [1.165, 1.54) is 0 Å². The van der Waals surface area contributed by atoms with Gasteiger partial charge in [-0.1, -0.05) is 29.4 Å². The van der Waals surface area contributed by atoms with Crippen molar-refractivity contribution in [3.63, 3.8) is 0 Å². The molecule has 14 heavy (non-hydrogen) atoms. The van der Waals surface area contributed by atoms with Crippen molar-refractivity contribution in [3.05, 3.63) is 42.1 Å². The first kappa shape index (κ1) is 8.69. The zero-order valence-corrected chi connectivity index (χ0v) is 7.81. The Labute approximate surface area is 81.7 Å². The molecule has 2 rings (SSSR count). The molecule has 1 aromatic carbocycles. The molecule has 0 unspecified atom stereocenters. The van der Waals surface area contributed by atoms with Gasteiger partial charge in [0.05, 0.1) is 11.2 Å². The summed E-state index contributed by atoms with van der Waals surface area (Å²) >= 11 is 0. The van der Waals surface area contributed by atoms with Crippen LogP contribution in [-0.2, 0) is 0 Å². The molecule has 0 bridgehead atoms. The largest absolute Gasteiger partial charge is 0.411 e. The van der Waals surface area contributed by atoms with Crippen LogP contribution < -0.4 is 0 Å². The van der Waals surface area contributed by atoms with Crippen molar-refractivity contribution in [2.24, 2.45) is 5.16 Å². The molecule has 0 aliphatic heterocycles. The van der Waals surface area contributed by atoms with Crippen molar-refractivity contribution in [2.75, 3.05) is 0 Å². The molecule has 0 spiro atoms. The molecule has 0 saturated carbocycles. The first-order chi connectivity index (χ1) is 6.83. The molecule has 1 heterocycles. The minimum atomic E-state index is 0.578. The van der Waals surface area contributed by atoms with Crippen LogP contribution in [0.1, 0.15) is 12.5 Å².